The molecule has 0 amide bonds. The lowest BCUT2D eigenvalue weighted by molar-refractivity contribution is 0.143. The quantitative estimate of drug-likeness (QED) is 0.923. The van der Waals surface area contributed by atoms with Crippen molar-refractivity contribution in [1.29, 1.82) is 0 Å². The van der Waals surface area contributed by atoms with Gasteiger partial charge in [-0.05, 0) is 56.9 Å². The Morgan fingerprint density at radius 3 is 2.50 bits per heavy atom. The molecule has 1 aromatic rings. The molecule has 1 atom stereocenters. The van der Waals surface area contributed by atoms with Gasteiger partial charge in [-0.2, -0.15) is 0 Å². The Labute approximate surface area is 121 Å². The third-order valence-corrected chi connectivity index (χ3v) is 4.23. The molecule has 2 N–H and O–H groups in total. The van der Waals surface area contributed by atoms with Crippen molar-refractivity contribution in [2.24, 2.45) is 11.7 Å². The fraction of sp³-hybridized carbons (Fsp3) is 0.571. The second kappa shape index (κ2) is 7.34. The third kappa shape index (κ3) is 3.61. The minimum atomic E-state index is 0. The second-order valence-corrected chi connectivity index (χ2v) is 5.32. The summed E-state index contributed by atoms with van der Waals surface area (Å²) in [6, 6.07) is 8.55. The van der Waals surface area contributed by atoms with Crippen molar-refractivity contribution in [3.63, 3.8) is 0 Å². The number of rotatable bonds is 3. The average Bonchev–Trinajstić information content (AvgIpc) is 2.39. The number of hydrogen-bond acceptors (Lipinski definition) is 2. The molecule has 102 valence electrons. The van der Waals surface area contributed by atoms with E-state index in [-0.39, 0.29) is 12.4 Å². The zero-order valence-corrected chi connectivity index (χ0v) is 12.4. The maximum atomic E-state index is 6.25. The van der Waals surface area contributed by atoms with Crippen LogP contribution in [0, 0.1) is 5.92 Å². The largest absolute Gasteiger partial charge is 0.330 e. The van der Waals surface area contributed by atoms with Crippen LogP contribution < -0.4 is 5.73 Å². The number of benzene rings is 1. The average molecular weight is 289 g/mol. The van der Waals surface area contributed by atoms with Crippen molar-refractivity contribution in [1.82, 2.24) is 4.90 Å². The van der Waals surface area contributed by atoms with Gasteiger partial charge in [-0.3, -0.25) is 4.90 Å². The molecule has 18 heavy (non-hydrogen) atoms. The fourth-order valence-corrected chi connectivity index (χ4v) is 2.88. The molecule has 4 heteroatoms. The van der Waals surface area contributed by atoms with Crippen molar-refractivity contribution in [2.75, 3.05) is 19.6 Å². The number of hydrogen-bond donors (Lipinski definition) is 1. The van der Waals surface area contributed by atoms with Crippen molar-refractivity contribution in [2.45, 2.75) is 25.8 Å². The number of piperidine rings is 1. The Balaban J connectivity index is 0.00000162. The highest BCUT2D eigenvalue weighted by Gasteiger charge is 2.23. The lowest BCUT2D eigenvalue weighted by Gasteiger charge is -2.36. The number of likely N-dealkylation sites (tertiary alicyclic amines) is 1. The topological polar surface area (TPSA) is 29.3 Å². The van der Waals surface area contributed by atoms with Crippen LogP contribution in [0.25, 0.3) is 0 Å². The van der Waals surface area contributed by atoms with Gasteiger partial charge in [-0.25, -0.2) is 0 Å². The molecule has 2 nitrogen and oxygen atoms in total. The fourth-order valence-electron chi connectivity index (χ4n) is 2.59. The van der Waals surface area contributed by atoms with E-state index < -0.39 is 0 Å². The normalized spacial score (nSPS) is 19.3. The van der Waals surface area contributed by atoms with E-state index in [1.807, 2.05) is 12.1 Å². The molecule has 2 rings (SSSR count). The minimum absolute atomic E-state index is 0. The summed E-state index contributed by atoms with van der Waals surface area (Å²) >= 11 is 6.25. The molecular weight excluding hydrogens is 267 g/mol. The first-order chi connectivity index (χ1) is 8.22. The molecule has 1 aromatic carbocycles. The van der Waals surface area contributed by atoms with Gasteiger partial charge in [0.1, 0.15) is 0 Å². The van der Waals surface area contributed by atoms with Gasteiger partial charge >= 0.3 is 0 Å². The Bertz CT molecular complexity index is 363. The van der Waals surface area contributed by atoms with E-state index in [1.165, 1.54) is 18.4 Å². The minimum Gasteiger partial charge on any atom is -0.330 e. The van der Waals surface area contributed by atoms with Crippen LogP contribution in [0.4, 0.5) is 0 Å². The monoisotopic (exact) mass is 288 g/mol. The molecule has 1 fully saturated rings. The van der Waals surface area contributed by atoms with Gasteiger partial charge in [0.05, 0.1) is 0 Å². The predicted molar refractivity (Wildman–Crippen MR) is 80.5 cm³/mol. The van der Waals surface area contributed by atoms with Gasteiger partial charge < -0.3 is 5.73 Å². The maximum absolute atomic E-state index is 6.25. The number of nitrogens with zero attached hydrogens (tertiary/aromatic N) is 1. The lowest BCUT2D eigenvalue weighted by atomic mass is 9.95. The molecule has 0 bridgehead atoms. The molecule has 1 unspecified atom stereocenters. The number of nitrogens with two attached hydrogens (primary N) is 1. The molecular formula is C14H22Cl2N2. The van der Waals surface area contributed by atoms with E-state index in [9.17, 15) is 0 Å². The van der Waals surface area contributed by atoms with Gasteiger partial charge in [0.25, 0.3) is 0 Å². The van der Waals surface area contributed by atoms with Crippen LogP contribution in [0.5, 0.6) is 0 Å². The van der Waals surface area contributed by atoms with Crippen LogP contribution in [0.1, 0.15) is 31.4 Å². The summed E-state index contributed by atoms with van der Waals surface area (Å²) in [5, 5.41) is 0.876. The van der Waals surface area contributed by atoms with Gasteiger partial charge in [0.15, 0.2) is 0 Å². The van der Waals surface area contributed by atoms with Gasteiger partial charge in [-0.1, -0.05) is 29.8 Å². The van der Waals surface area contributed by atoms with Crippen LogP contribution in [-0.2, 0) is 0 Å². The molecule has 0 aliphatic carbocycles. The summed E-state index contributed by atoms with van der Waals surface area (Å²) in [6.45, 7) is 5.33. The van der Waals surface area contributed by atoms with Crippen LogP contribution in [0.3, 0.4) is 0 Å². The Morgan fingerprint density at radius 2 is 1.94 bits per heavy atom. The molecule has 1 saturated heterocycles. The van der Waals surface area contributed by atoms with Crippen molar-refractivity contribution in [3.05, 3.63) is 34.9 Å². The van der Waals surface area contributed by atoms with Crippen LogP contribution in [0.2, 0.25) is 5.02 Å². The summed E-state index contributed by atoms with van der Waals surface area (Å²) in [4.78, 5) is 2.51. The number of halogens is 2. The summed E-state index contributed by atoms with van der Waals surface area (Å²) in [6.07, 6.45) is 2.43. The maximum Gasteiger partial charge on any atom is 0.0453 e. The van der Waals surface area contributed by atoms with Gasteiger partial charge in [0.2, 0.25) is 0 Å². The molecule has 0 radical (unpaired) electrons. The zero-order valence-electron chi connectivity index (χ0n) is 10.8. The standard InChI is InChI=1S/C14H21ClN2.ClH/c1-11(13-4-2-3-5-14(13)15)17-8-6-12(10-16)7-9-17;/h2-5,11-12H,6-10,16H2,1H3;1H. The lowest BCUT2D eigenvalue weighted by Crippen LogP contribution is -2.37. The molecule has 1 heterocycles. The highest BCUT2D eigenvalue weighted by atomic mass is 35.5. The molecule has 0 aromatic heterocycles. The Hall–Kier alpha value is -0.280. The molecule has 1 aliphatic heterocycles. The molecule has 0 saturated carbocycles. The predicted octanol–water partition coefficient (Wildman–Crippen LogP) is 3.49. The van der Waals surface area contributed by atoms with Crippen LogP contribution in [0.15, 0.2) is 24.3 Å². The first-order valence-corrected chi connectivity index (χ1v) is 6.78. The van der Waals surface area contributed by atoms with Crippen molar-refractivity contribution >= 4 is 24.0 Å². The summed E-state index contributed by atoms with van der Waals surface area (Å²) < 4.78 is 0. The summed E-state index contributed by atoms with van der Waals surface area (Å²) in [7, 11) is 0. The highest BCUT2D eigenvalue weighted by Crippen LogP contribution is 2.30. The first-order valence-electron chi connectivity index (χ1n) is 6.41. The molecule has 1 aliphatic rings. The highest BCUT2D eigenvalue weighted by molar-refractivity contribution is 6.31. The smallest absolute Gasteiger partial charge is 0.0453 e. The van der Waals surface area contributed by atoms with Crippen LogP contribution in [-0.4, -0.2) is 24.5 Å². The van der Waals surface area contributed by atoms with Gasteiger partial charge in [-0.15, -0.1) is 12.4 Å². The van der Waals surface area contributed by atoms with Gasteiger partial charge in [0, 0.05) is 11.1 Å². The van der Waals surface area contributed by atoms with E-state index >= 15 is 0 Å². The first kappa shape index (κ1) is 15.8. The second-order valence-electron chi connectivity index (χ2n) is 4.91. The third-order valence-electron chi connectivity index (χ3n) is 3.89. The zero-order chi connectivity index (χ0) is 12.3. The SMILES string of the molecule is CC(c1ccccc1Cl)N1CCC(CN)CC1.Cl. The Kier molecular flexibility index (Phi) is 6.44. The molecule has 0 spiro atoms. The Morgan fingerprint density at radius 1 is 1.33 bits per heavy atom. The van der Waals surface area contributed by atoms with Crippen molar-refractivity contribution < 1.29 is 0 Å². The van der Waals surface area contributed by atoms with E-state index in [1.54, 1.807) is 0 Å². The van der Waals surface area contributed by atoms with E-state index in [0.717, 1.165) is 24.7 Å². The van der Waals surface area contributed by atoms with E-state index in [2.05, 4.69) is 24.0 Å². The summed E-state index contributed by atoms with van der Waals surface area (Å²) in [5.41, 5.74) is 6.96. The van der Waals surface area contributed by atoms with Crippen LogP contribution >= 0.6 is 24.0 Å². The van der Waals surface area contributed by atoms with Crippen molar-refractivity contribution in [3.8, 4) is 0 Å². The van der Waals surface area contributed by atoms with E-state index in [4.69, 9.17) is 17.3 Å². The van der Waals surface area contributed by atoms with E-state index in [0.29, 0.717) is 12.0 Å². The summed E-state index contributed by atoms with van der Waals surface area (Å²) in [5.74, 6) is 0.713.